The summed E-state index contributed by atoms with van der Waals surface area (Å²) in [7, 11) is 3.50. The second-order valence-electron chi connectivity index (χ2n) is 4.62. The van der Waals surface area contributed by atoms with E-state index in [0.717, 1.165) is 57.3 Å². The zero-order chi connectivity index (χ0) is 15.2. The van der Waals surface area contributed by atoms with Crippen LogP contribution in [0.5, 0.6) is 0 Å². The lowest BCUT2D eigenvalue weighted by Gasteiger charge is -2.11. The SMILES string of the molecule is CN=C(NCCCCNc1ccccn1)NCCCOC. The third kappa shape index (κ3) is 8.86. The predicted molar refractivity (Wildman–Crippen MR) is 87.8 cm³/mol. The van der Waals surface area contributed by atoms with Crippen LogP contribution in [0.3, 0.4) is 0 Å². The number of rotatable bonds is 10. The Kier molecular flexibility index (Phi) is 9.82. The summed E-state index contributed by atoms with van der Waals surface area (Å²) >= 11 is 0. The van der Waals surface area contributed by atoms with Crippen molar-refractivity contribution in [3.8, 4) is 0 Å². The number of methoxy groups -OCH3 is 1. The van der Waals surface area contributed by atoms with Gasteiger partial charge in [0.15, 0.2) is 5.96 Å². The van der Waals surface area contributed by atoms with E-state index in [1.807, 2.05) is 18.2 Å². The third-order valence-corrected chi connectivity index (χ3v) is 2.91. The molecule has 1 aromatic heterocycles. The van der Waals surface area contributed by atoms with Crippen molar-refractivity contribution in [3.63, 3.8) is 0 Å². The molecule has 3 N–H and O–H groups in total. The van der Waals surface area contributed by atoms with Crippen LogP contribution in [0, 0.1) is 0 Å². The Morgan fingerprint density at radius 1 is 1.14 bits per heavy atom. The molecule has 1 heterocycles. The van der Waals surface area contributed by atoms with Gasteiger partial charge in [-0.2, -0.15) is 0 Å². The number of nitrogens with zero attached hydrogens (tertiary/aromatic N) is 2. The van der Waals surface area contributed by atoms with E-state index < -0.39 is 0 Å². The Bertz CT molecular complexity index is 383. The third-order valence-electron chi connectivity index (χ3n) is 2.91. The summed E-state index contributed by atoms with van der Waals surface area (Å²) in [5, 5.41) is 9.85. The van der Waals surface area contributed by atoms with Crippen LogP contribution in [-0.2, 0) is 4.74 Å². The Hall–Kier alpha value is -1.82. The molecule has 6 heteroatoms. The zero-order valence-corrected chi connectivity index (χ0v) is 13.1. The van der Waals surface area contributed by atoms with E-state index in [9.17, 15) is 0 Å². The van der Waals surface area contributed by atoms with Crippen molar-refractivity contribution >= 4 is 11.8 Å². The fourth-order valence-corrected chi connectivity index (χ4v) is 1.78. The molecule has 0 saturated heterocycles. The maximum atomic E-state index is 5.01. The molecule has 0 bridgehead atoms. The lowest BCUT2D eigenvalue weighted by molar-refractivity contribution is 0.195. The Morgan fingerprint density at radius 2 is 1.90 bits per heavy atom. The molecule has 0 aliphatic heterocycles. The van der Waals surface area contributed by atoms with Gasteiger partial charge in [-0.15, -0.1) is 0 Å². The van der Waals surface area contributed by atoms with Gasteiger partial charge >= 0.3 is 0 Å². The number of guanidine groups is 1. The standard InChI is InChI=1S/C15H27N5O/c1-16-15(20-12-7-13-21-2)19-11-6-5-10-18-14-8-3-4-9-17-14/h3-4,8-9H,5-7,10-13H2,1-2H3,(H,17,18)(H2,16,19,20). The van der Waals surface area contributed by atoms with E-state index in [1.165, 1.54) is 0 Å². The van der Waals surface area contributed by atoms with Crippen molar-refractivity contribution in [1.29, 1.82) is 0 Å². The van der Waals surface area contributed by atoms with Crippen LogP contribution in [0.1, 0.15) is 19.3 Å². The summed E-state index contributed by atoms with van der Waals surface area (Å²) in [4.78, 5) is 8.40. The number of pyridine rings is 1. The van der Waals surface area contributed by atoms with Gasteiger partial charge < -0.3 is 20.7 Å². The van der Waals surface area contributed by atoms with Crippen LogP contribution in [0.4, 0.5) is 5.82 Å². The molecule has 0 unspecified atom stereocenters. The summed E-state index contributed by atoms with van der Waals surface area (Å²) < 4.78 is 5.01. The first kappa shape index (κ1) is 17.2. The van der Waals surface area contributed by atoms with Gasteiger partial charge in [-0.25, -0.2) is 4.98 Å². The smallest absolute Gasteiger partial charge is 0.190 e. The highest BCUT2D eigenvalue weighted by Gasteiger charge is 1.96. The highest BCUT2D eigenvalue weighted by atomic mass is 16.5. The highest BCUT2D eigenvalue weighted by Crippen LogP contribution is 1.99. The number of aromatic nitrogens is 1. The largest absolute Gasteiger partial charge is 0.385 e. The van der Waals surface area contributed by atoms with Gasteiger partial charge in [0.05, 0.1) is 0 Å². The predicted octanol–water partition coefficient (Wildman–Crippen LogP) is 1.48. The fourth-order valence-electron chi connectivity index (χ4n) is 1.78. The van der Waals surface area contributed by atoms with Crippen LogP contribution < -0.4 is 16.0 Å². The summed E-state index contributed by atoms with van der Waals surface area (Å²) in [5.41, 5.74) is 0. The van der Waals surface area contributed by atoms with Crippen LogP contribution in [0.15, 0.2) is 29.4 Å². The maximum absolute atomic E-state index is 5.01. The molecule has 0 atom stereocenters. The minimum absolute atomic E-state index is 0.767. The average Bonchev–Trinajstić information content (AvgIpc) is 2.53. The van der Waals surface area contributed by atoms with Crippen molar-refractivity contribution in [1.82, 2.24) is 15.6 Å². The fraction of sp³-hybridized carbons (Fsp3) is 0.600. The molecule has 6 nitrogen and oxygen atoms in total. The molecular formula is C15H27N5O. The average molecular weight is 293 g/mol. The van der Waals surface area contributed by atoms with Gasteiger partial charge in [0.25, 0.3) is 0 Å². The molecular weight excluding hydrogens is 266 g/mol. The monoisotopic (exact) mass is 293 g/mol. The molecule has 0 spiro atoms. The van der Waals surface area contributed by atoms with Crippen LogP contribution in [0.25, 0.3) is 0 Å². The molecule has 0 saturated carbocycles. The Labute approximate surface area is 127 Å². The molecule has 118 valence electrons. The van der Waals surface area contributed by atoms with Crippen LogP contribution in [0.2, 0.25) is 0 Å². The number of hydrogen-bond acceptors (Lipinski definition) is 4. The highest BCUT2D eigenvalue weighted by molar-refractivity contribution is 5.79. The molecule has 1 aromatic rings. The molecule has 21 heavy (non-hydrogen) atoms. The second-order valence-corrected chi connectivity index (χ2v) is 4.62. The Morgan fingerprint density at radius 3 is 2.57 bits per heavy atom. The van der Waals surface area contributed by atoms with E-state index in [2.05, 4.69) is 25.9 Å². The number of unbranched alkanes of at least 4 members (excludes halogenated alkanes) is 1. The quantitative estimate of drug-likeness (QED) is 0.346. The van der Waals surface area contributed by atoms with Gasteiger partial charge in [0.2, 0.25) is 0 Å². The molecule has 1 rings (SSSR count). The molecule has 0 aliphatic rings. The van der Waals surface area contributed by atoms with Crippen molar-refractivity contribution in [2.75, 3.05) is 45.7 Å². The van der Waals surface area contributed by atoms with Crippen molar-refractivity contribution in [3.05, 3.63) is 24.4 Å². The molecule has 0 aliphatic carbocycles. The minimum atomic E-state index is 0.767. The van der Waals surface area contributed by atoms with E-state index in [-0.39, 0.29) is 0 Å². The lowest BCUT2D eigenvalue weighted by Crippen LogP contribution is -2.38. The number of nitrogens with one attached hydrogen (secondary N) is 3. The van der Waals surface area contributed by atoms with Crippen molar-refractivity contribution in [2.45, 2.75) is 19.3 Å². The lowest BCUT2D eigenvalue weighted by atomic mass is 10.3. The van der Waals surface area contributed by atoms with E-state index >= 15 is 0 Å². The molecule has 0 amide bonds. The van der Waals surface area contributed by atoms with Crippen molar-refractivity contribution < 1.29 is 4.74 Å². The summed E-state index contributed by atoms with van der Waals surface area (Å²) in [6, 6.07) is 5.88. The minimum Gasteiger partial charge on any atom is -0.385 e. The van der Waals surface area contributed by atoms with E-state index in [1.54, 1.807) is 20.4 Å². The first-order valence-electron chi connectivity index (χ1n) is 7.45. The summed E-state index contributed by atoms with van der Waals surface area (Å²) in [5.74, 6) is 1.78. The Balaban J connectivity index is 1.99. The molecule has 0 fully saturated rings. The number of hydrogen-bond donors (Lipinski definition) is 3. The van der Waals surface area contributed by atoms with Gasteiger partial charge in [0.1, 0.15) is 5.82 Å². The molecule has 0 radical (unpaired) electrons. The number of anilines is 1. The number of ether oxygens (including phenoxy) is 1. The van der Waals surface area contributed by atoms with Crippen LogP contribution in [-0.4, -0.2) is 51.3 Å². The zero-order valence-electron chi connectivity index (χ0n) is 13.1. The normalized spacial score (nSPS) is 11.2. The van der Waals surface area contributed by atoms with Gasteiger partial charge in [-0.05, 0) is 31.4 Å². The van der Waals surface area contributed by atoms with Gasteiger partial charge in [-0.3, -0.25) is 4.99 Å². The number of aliphatic imine (C=N–C) groups is 1. The first-order chi connectivity index (χ1) is 10.4. The molecule has 0 aromatic carbocycles. The second kappa shape index (κ2) is 12.0. The first-order valence-corrected chi connectivity index (χ1v) is 7.45. The summed E-state index contributed by atoms with van der Waals surface area (Å²) in [6.45, 7) is 3.48. The maximum Gasteiger partial charge on any atom is 0.190 e. The van der Waals surface area contributed by atoms with E-state index in [0.29, 0.717) is 0 Å². The van der Waals surface area contributed by atoms with Crippen molar-refractivity contribution in [2.24, 2.45) is 4.99 Å². The van der Waals surface area contributed by atoms with Gasteiger partial charge in [0, 0.05) is 46.6 Å². The van der Waals surface area contributed by atoms with Gasteiger partial charge in [-0.1, -0.05) is 6.07 Å². The van der Waals surface area contributed by atoms with E-state index in [4.69, 9.17) is 4.74 Å². The summed E-state index contributed by atoms with van der Waals surface area (Å²) in [6.07, 6.45) is 4.94. The van der Waals surface area contributed by atoms with Crippen LogP contribution >= 0.6 is 0 Å². The topological polar surface area (TPSA) is 70.6 Å².